The van der Waals surface area contributed by atoms with Crippen LogP contribution in [0.1, 0.15) is 20.8 Å². The Morgan fingerprint density at radius 3 is 3.05 bits per heavy atom. The van der Waals surface area contributed by atoms with Crippen molar-refractivity contribution in [3.8, 4) is 11.8 Å². The predicted molar refractivity (Wildman–Crippen MR) is 77.1 cm³/mol. The topological polar surface area (TPSA) is 68.0 Å². The van der Waals surface area contributed by atoms with E-state index in [0.29, 0.717) is 15.6 Å². The maximum Gasteiger partial charge on any atom is 0.257 e. The summed E-state index contributed by atoms with van der Waals surface area (Å²) in [6.45, 7) is 1.91. The van der Waals surface area contributed by atoms with Crippen molar-refractivity contribution in [1.29, 1.82) is 0 Å². The van der Waals surface area contributed by atoms with E-state index in [4.69, 9.17) is 5.73 Å². The highest BCUT2D eigenvalue weighted by molar-refractivity contribution is 7.16. The van der Waals surface area contributed by atoms with Crippen LogP contribution < -0.4 is 11.1 Å². The van der Waals surface area contributed by atoms with Crippen molar-refractivity contribution >= 4 is 22.4 Å². The lowest BCUT2D eigenvalue weighted by molar-refractivity contribution is 0.102. The van der Waals surface area contributed by atoms with Gasteiger partial charge in [-0.2, -0.15) is 0 Å². The fourth-order valence-corrected chi connectivity index (χ4v) is 2.12. The van der Waals surface area contributed by atoms with E-state index in [1.807, 2.05) is 0 Å². The number of carbonyl (C=O) groups excluding carboxylic acids is 1. The molecule has 2 aromatic rings. The van der Waals surface area contributed by atoms with E-state index in [1.165, 1.54) is 17.4 Å². The Balaban J connectivity index is 2.11. The van der Waals surface area contributed by atoms with Gasteiger partial charge in [-0.1, -0.05) is 29.2 Å². The molecule has 6 heteroatoms. The normalized spacial score (nSPS) is 9.75. The first kappa shape index (κ1) is 14.2. The van der Waals surface area contributed by atoms with Crippen LogP contribution in [0.25, 0.3) is 0 Å². The van der Waals surface area contributed by atoms with Crippen LogP contribution in [0.4, 0.5) is 9.52 Å². The van der Waals surface area contributed by atoms with Crippen LogP contribution in [0, 0.1) is 24.6 Å². The number of benzene rings is 1. The van der Waals surface area contributed by atoms with Gasteiger partial charge in [0.1, 0.15) is 5.82 Å². The summed E-state index contributed by atoms with van der Waals surface area (Å²) in [5, 5.41) is 3.02. The lowest BCUT2D eigenvalue weighted by Crippen LogP contribution is -2.12. The van der Waals surface area contributed by atoms with Crippen LogP contribution >= 0.6 is 11.3 Å². The molecule has 0 unspecified atom stereocenters. The number of anilines is 1. The summed E-state index contributed by atoms with van der Waals surface area (Å²) in [4.78, 5) is 16.7. The number of hydrogen-bond donors (Lipinski definition) is 2. The fourth-order valence-electron chi connectivity index (χ4n) is 1.43. The van der Waals surface area contributed by atoms with Crippen LogP contribution in [0.2, 0.25) is 0 Å². The zero-order chi connectivity index (χ0) is 14.5. The number of thiazole rings is 1. The van der Waals surface area contributed by atoms with Crippen LogP contribution in [-0.2, 0) is 0 Å². The van der Waals surface area contributed by atoms with Crippen LogP contribution in [0.5, 0.6) is 0 Å². The number of carbonyl (C=O) groups is 1. The highest BCUT2D eigenvalue weighted by Gasteiger charge is 2.10. The van der Waals surface area contributed by atoms with Crippen molar-refractivity contribution in [2.24, 2.45) is 5.73 Å². The van der Waals surface area contributed by atoms with Crippen molar-refractivity contribution in [2.75, 3.05) is 11.9 Å². The summed E-state index contributed by atoms with van der Waals surface area (Å²) >= 11 is 1.24. The predicted octanol–water partition coefficient (Wildman–Crippen LogP) is 2.15. The van der Waals surface area contributed by atoms with E-state index >= 15 is 0 Å². The second kappa shape index (κ2) is 6.28. The first-order valence-corrected chi connectivity index (χ1v) is 6.64. The minimum atomic E-state index is -0.411. The Morgan fingerprint density at radius 2 is 2.35 bits per heavy atom. The van der Waals surface area contributed by atoms with E-state index < -0.39 is 11.7 Å². The van der Waals surface area contributed by atoms with Gasteiger partial charge in [0.15, 0.2) is 5.13 Å². The van der Waals surface area contributed by atoms with E-state index in [1.54, 1.807) is 25.3 Å². The summed E-state index contributed by atoms with van der Waals surface area (Å²) in [6, 6.07) is 4.33. The average molecular weight is 289 g/mol. The third kappa shape index (κ3) is 3.41. The highest BCUT2D eigenvalue weighted by atomic mass is 32.1. The molecule has 1 heterocycles. The molecule has 0 aliphatic rings. The monoisotopic (exact) mass is 289 g/mol. The van der Waals surface area contributed by atoms with E-state index in [2.05, 4.69) is 22.1 Å². The molecule has 2 rings (SSSR count). The van der Waals surface area contributed by atoms with Crippen LogP contribution in [0.15, 0.2) is 24.4 Å². The molecule has 3 N–H and O–H groups in total. The van der Waals surface area contributed by atoms with Gasteiger partial charge in [0.05, 0.1) is 17.6 Å². The number of nitrogens with two attached hydrogens (primary N) is 1. The molecular weight excluding hydrogens is 277 g/mol. The van der Waals surface area contributed by atoms with E-state index in [9.17, 15) is 9.18 Å². The molecule has 1 aromatic heterocycles. The Morgan fingerprint density at radius 1 is 1.55 bits per heavy atom. The lowest BCUT2D eigenvalue weighted by Gasteiger charge is -2.03. The second-order valence-electron chi connectivity index (χ2n) is 3.95. The van der Waals surface area contributed by atoms with Crippen molar-refractivity contribution < 1.29 is 9.18 Å². The van der Waals surface area contributed by atoms with Crippen molar-refractivity contribution in [1.82, 2.24) is 4.98 Å². The molecule has 0 atom stereocenters. The standard InChI is InChI=1S/C14H12FN3OS/c1-9-4-5-10(7-12(9)15)13(19)18-14-17-8-11(20-14)3-2-6-16/h4-5,7-8H,6,16H2,1H3,(H,17,18,19). The Hall–Kier alpha value is -2.23. The largest absolute Gasteiger partial charge is 0.320 e. The number of hydrogen-bond acceptors (Lipinski definition) is 4. The molecular formula is C14H12FN3OS. The van der Waals surface area contributed by atoms with Crippen molar-refractivity contribution in [3.63, 3.8) is 0 Å². The van der Waals surface area contributed by atoms with Crippen LogP contribution in [0.3, 0.4) is 0 Å². The first-order chi connectivity index (χ1) is 9.60. The minimum Gasteiger partial charge on any atom is -0.320 e. The summed E-state index contributed by atoms with van der Waals surface area (Å²) in [5.74, 6) is 4.71. The van der Waals surface area contributed by atoms with Gasteiger partial charge in [-0.25, -0.2) is 9.37 Å². The molecule has 0 spiro atoms. The van der Waals surface area contributed by atoms with E-state index in [-0.39, 0.29) is 12.1 Å². The quantitative estimate of drug-likeness (QED) is 0.832. The molecule has 102 valence electrons. The molecule has 0 radical (unpaired) electrons. The summed E-state index contributed by atoms with van der Waals surface area (Å²) in [5.41, 5.74) is 6.02. The van der Waals surface area contributed by atoms with Crippen molar-refractivity contribution in [2.45, 2.75) is 6.92 Å². The third-order valence-corrected chi connectivity index (χ3v) is 3.30. The van der Waals surface area contributed by atoms with Gasteiger partial charge in [0, 0.05) is 5.56 Å². The Bertz CT molecular complexity index is 700. The smallest absolute Gasteiger partial charge is 0.257 e. The fraction of sp³-hybridized carbons (Fsp3) is 0.143. The van der Waals surface area contributed by atoms with Crippen LogP contribution in [-0.4, -0.2) is 17.4 Å². The zero-order valence-electron chi connectivity index (χ0n) is 10.7. The Labute approximate surface area is 119 Å². The van der Waals surface area contributed by atoms with Crippen molar-refractivity contribution in [3.05, 3.63) is 46.2 Å². The molecule has 0 bridgehead atoms. The zero-order valence-corrected chi connectivity index (χ0v) is 11.6. The summed E-state index contributed by atoms with van der Waals surface area (Å²) < 4.78 is 13.4. The molecule has 20 heavy (non-hydrogen) atoms. The maximum atomic E-state index is 13.4. The van der Waals surface area contributed by atoms with Gasteiger partial charge in [0.25, 0.3) is 5.91 Å². The molecule has 1 aromatic carbocycles. The number of aryl methyl sites for hydroxylation is 1. The minimum absolute atomic E-state index is 0.248. The number of amides is 1. The number of nitrogens with zero attached hydrogens (tertiary/aromatic N) is 1. The summed E-state index contributed by atoms with van der Waals surface area (Å²) in [6.07, 6.45) is 1.55. The second-order valence-corrected chi connectivity index (χ2v) is 4.98. The SMILES string of the molecule is Cc1ccc(C(=O)Nc2ncc(C#CCN)s2)cc1F. The molecule has 0 aliphatic carbocycles. The molecule has 0 aliphatic heterocycles. The number of rotatable bonds is 2. The van der Waals surface area contributed by atoms with Gasteiger partial charge >= 0.3 is 0 Å². The lowest BCUT2D eigenvalue weighted by atomic mass is 10.1. The molecule has 0 saturated carbocycles. The number of halogens is 1. The average Bonchev–Trinajstić information content (AvgIpc) is 2.87. The first-order valence-electron chi connectivity index (χ1n) is 5.82. The van der Waals surface area contributed by atoms with Gasteiger partial charge in [-0.05, 0) is 24.6 Å². The van der Waals surface area contributed by atoms with Gasteiger partial charge in [-0.15, -0.1) is 0 Å². The maximum absolute atomic E-state index is 13.4. The van der Waals surface area contributed by atoms with E-state index in [0.717, 1.165) is 0 Å². The van der Waals surface area contributed by atoms with Gasteiger partial charge < -0.3 is 5.73 Å². The van der Waals surface area contributed by atoms with Gasteiger partial charge in [-0.3, -0.25) is 10.1 Å². The number of aromatic nitrogens is 1. The molecule has 0 fully saturated rings. The Kier molecular flexibility index (Phi) is 4.45. The highest BCUT2D eigenvalue weighted by Crippen LogP contribution is 2.18. The van der Waals surface area contributed by atoms with Gasteiger partial charge in [0.2, 0.25) is 0 Å². The third-order valence-electron chi connectivity index (χ3n) is 2.47. The molecule has 4 nitrogen and oxygen atoms in total. The molecule has 0 saturated heterocycles. The number of nitrogens with one attached hydrogen (secondary N) is 1. The summed E-state index contributed by atoms with van der Waals surface area (Å²) in [7, 11) is 0. The molecule has 1 amide bonds.